The number of sulfone groups is 2. The zero-order valence-electron chi connectivity index (χ0n) is 28.6. The van der Waals surface area contributed by atoms with E-state index in [4.69, 9.17) is 0 Å². The van der Waals surface area contributed by atoms with Crippen molar-refractivity contribution < 1.29 is 34.6 Å². The van der Waals surface area contributed by atoms with E-state index in [9.17, 15) is 25.6 Å². The maximum absolute atomic E-state index is 14.0. The molecule has 1 unspecified atom stereocenters. The van der Waals surface area contributed by atoms with Gasteiger partial charge in [-0.15, -0.1) is 0 Å². The number of quaternary nitrogens is 2. The molecule has 0 saturated heterocycles. The first-order valence-electron chi connectivity index (χ1n) is 15.2. The fraction of sp³-hybridized carbons (Fsp3) is 0.333. The number of nitrogens with zero attached hydrogens (tertiary/aromatic N) is 2. The number of benzene rings is 4. The lowest BCUT2D eigenvalue weighted by Gasteiger charge is -2.34. The highest BCUT2D eigenvalue weighted by molar-refractivity contribution is 7.92. The summed E-state index contributed by atoms with van der Waals surface area (Å²) in [6.45, 7) is 7.22. The molecule has 0 spiro atoms. The van der Waals surface area contributed by atoms with Gasteiger partial charge in [0.15, 0.2) is 11.1 Å². The van der Waals surface area contributed by atoms with Gasteiger partial charge in [-0.2, -0.15) is 0 Å². The summed E-state index contributed by atoms with van der Waals surface area (Å²) in [6.07, 6.45) is 0. The van der Waals surface area contributed by atoms with E-state index in [0.29, 0.717) is 27.0 Å². The molecule has 1 atom stereocenters. The van der Waals surface area contributed by atoms with Gasteiger partial charge < -0.3 is 13.5 Å². The van der Waals surface area contributed by atoms with Crippen LogP contribution in [0.4, 0.5) is 0 Å². The Morgan fingerprint density at radius 1 is 0.596 bits per heavy atom. The van der Waals surface area contributed by atoms with Gasteiger partial charge in [0, 0.05) is 16.5 Å². The van der Waals surface area contributed by atoms with Crippen LogP contribution in [0.15, 0.2) is 109 Å². The van der Waals surface area contributed by atoms with Crippen LogP contribution in [0, 0.1) is 6.92 Å². The lowest BCUT2D eigenvalue weighted by Crippen LogP contribution is -2.36. The predicted octanol–water partition coefficient (Wildman–Crippen LogP) is 5.98. The normalized spacial score (nSPS) is 13.8. The van der Waals surface area contributed by atoms with Crippen molar-refractivity contribution in [2.45, 2.75) is 63.8 Å². The first-order chi connectivity index (χ1) is 21.5. The maximum atomic E-state index is 14.0. The van der Waals surface area contributed by atoms with E-state index in [0.717, 1.165) is 27.8 Å². The minimum absolute atomic E-state index is 0.00129. The van der Waals surface area contributed by atoms with Gasteiger partial charge in [0.25, 0.3) is 0 Å². The molecule has 0 fully saturated rings. The third kappa shape index (κ3) is 8.28. The maximum Gasteiger partial charge on any atom is 0.206 e. The van der Waals surface area contributed by atoms with Crippen LogP contribution in [0.1, 0.15) is 41.7 Å². The summed E-state index contributed by atoms with van der Waals surface area (Å²) in [4.78, 5) is 0.613. The van der Waals surface area contributed by atoms with Crippen molar-refractivity contribution in [1.29, 1.82) is 0 Å². The van der Waals surface area contributed by atoms with Gasteiger partial charge in [0.1, 0.15) is 13.1 Å². The second-order valence-corrected chi connectivity index (χ2v) is 19.6. The molecule has 0 radical (unpaired) electrons. The minimum atomic E-state index is -3.99. The van der Waals surface area contributed by atoms with E-state index < -0.39 is 36.2 Å². The summed E-state index contributed by atoms with van der Waals surface area (Å²) in [6, 6.07) is 22.5. The zero-order valence-corrected chi connectivity index (χ0v) is 31.1. The smallest absolute Gasteiger partial charge is 0.206 e. The van der Waals surface area contributed by atoms with Gasteiger partial charge in [0.2, 0.25) is 19.7 Å². The fourth-order valence-corrected chi connectivity index (χ4v) is 8.85. The average molecular weight is 699 g/mol. The lowest BCUT2D eigenvalue weighted by atomic mass is 9.74. The van der Waals surface area contributed by atoms with E-state index in [1.807, 2.05) is 40.2 Å². The van der Waals surface area contributed by atoms with Crippen molar-refractivity contribution in [3.05, 3.63) is 113 Å². The van der Waals surface area contributed by atoms with Crippen molar-refractivity contribution in [2.24, 2.45) is 0 Å². The third-order valence-corrected chi connectivity index (χ3v) is 12.3. The molecule has 8 nitrogen and oxygen atoms in total. The van der Waals surface area contributed by atoms with Crippen LogP contribution in [0.3, 0.4) is 0 Å². The lowest BCUT2D eigenvalue weighted by molar-refractivity contribution is -0.884. The van der Waals surface area contributed by atoms with Crippen LogP contribution in [0.2, 0.25) is 0 Å². The van der Waals surface area contributed by atoms with Gasteiger partial charge in [0.05, 0.1) is 66.8 Å². The highest BCUT2D eigenvalue weighted by Gasteiger charge is 2.33. The summed E-state index contributed by atoms with van der Waals surface area (Å²) < 4.78 is 77.2. The van der Waals surface area contributed by atoms with Gasteiger partial charge in [-0.05, 0) is 78.7 Å². The monoisotopic (exact) mass is 698 g/mol. The Kier molecular flexibility index (Phi) is 10.2. The number of hydrogen-bond acceptors (Lipinski definition) is 5. The van der Waals surface area contributed by atoms with E-state index in [1.54, 1.807) is 48.5 Å². The minimum Gasteiger partial charge on any atom is -0.327 e. The van der Waals surface area contributed by atoms with E-state index >= 15 is 0 Å². The molecule has 0 aliphatic heterocycles. The molecule has 47 heavy (non-hydrogen) atoms. The average Bonchev–Trinajstić information content (AvgIpc) is 2.95. The van der Waals surface area contributed by atoms with Crippen LogP contribution >= 0.6 is 0 Å². The Bertz CT molecular complexity index is 2020. The third-order valence-electron chi connectivity index (χ3n) is 8.08. The Hall–Kier alpha value is -3.19. The molecule has 0 heterocycles. The molecule has 4 aromatic rings. The Labute approximate surface area is 283 Å². The standard InChI is InChI=1S/C36H45N2O6S3/c1-26-10-13-30(14-11-26)46(41,42)31-15-17-32(18-16-31)47(43,44)33-19-21-35(28(23-33)25-38(7,8)9)36(2,3)34-20-12-29(45(39)40)22-27(34)24-37(4,5)6/h10-23H,24-25H2,1-9H3/q+1/p+1. The van der Waals surface area contributed by atoms with E-state index in [1.165, 1.54) is 24.3 Å². The summed E-state index contributed by atoms with van der Waals surface area (Å²) in [7, 11) is 4.51. The highest BCUT2D eigenvalue weighted by atomic mass is 32.2. The molecule has 1 N–H and O–H groups in total. The number of hydrogen-bond donors (Lipinski definition) is 1. The van der Waals surface area contributed by atoms with Crippen LogP contribution < -0.4 is 0 Å². The molecule has 4 rings (SSSR count). The molecule has 0 aliphatic rings. The molecule has 0 bridgehead atoms. The molecular weight excluding hydrogens is 653 g/mol. The fourth-order valence-electron chi connectivity index (χ4n) is 5.85. The molecule has 0 aromatic heterocycles. The molecule has 0 aliphatic carbocycles. The first-order valence-corrected chi connectivity index (χ1v) is 19.3. The van der Waals surface area contributed by atoms with Crippen LogP contribution in [-0.4, -0.2) is 76.8 Å². The Morgan fingerprint density at radius 3 is 1.38 bits per heavy atom. The van der Waals surface area contributed by atoms with Crippen molar-refractivity contribution in [2.75, 3.05) is 42.3 Å². The molecule has 252 valence electrons. The summed E-state index contributed by atoms with van der Waals surface area (Å²) in [5.74, 6) is 0. The molecule has 4 aromatic carbocycles. The molecule has 0 amide bonds. The number of aryl methyl sites for hydroxylation is 1. The highest BCUT2D eigenvalue weighted by Crippen LogP contribution is 2.39. The van der Waals surface area contributed by atoms with Crippen molar-refractivity contribution in [3.63, 3.8) is 0 Å². The topological polar surface area (TPSA) is 106 Å². The SMILES string of the molecule is Cc1ccc(S(=O)(=O)c2ccc(S(=O)(=O)c3ccc(C(C)(C)c4ccc(S(=O)O)cc4C[N+](C)(C)C)c(C[N+](C)(C)C)c3)cc2)cc1. The van der Waals surface area contributed by atoms with Crippen molar-refractivity contribution in [1.82, 2.24) is 0 Å². The van der Waals surface area contributed by atoms with Crippen LogP contribution in [-0.2, 0) is 49.3 Å². The van der Waals surface area contributed by atoms with Crippen molar-refractivity contribution in [3.8, 4) is 0 Å². The van der Waals surface area contributed by atoms with Gasteiger partial charge >= 0.3 is 0 Å². The van der Waals surface area contributed by atoms with Gasteiger partial charge in [-0.25, -0.2) is 21.0 Å². The second-order valence-electron chi connectivity index (χ2n) is 14.7. The summed E-state index contributed by atoms with van der Waals surface area (Å²) >= 11 is -2.12. The zero-order chi connectivity index (χ0) is 35.2. The summed E-state index contributed by atoms with van der Waals surface area (Å²) in [5.41, 5.74) is 4.09. The Balaban J connectivity index is 1.80. The van der Waals surface area contributed by atoms with Crippen molar-refractivity contribution >= 4 is 30.8 Å². The van der Waals surface area contributed by atoms with Gasteiger partial charge in [-0.1, -0.05) is 43.7 Å². The Morgan fingerprint density at radius 2 is 0.957 bits per heavy atom. The van der Waals surface area contributed by atoms with E-state index in [-0.39, 0.29) is 19.6 Å². The van der Waals surface area contributed by atoms with E-state index in [2.05, 4.69) is 35.0 Å². The molecular formula is C36H46N2O6S3+2. The first kappa shape index (κ1) is 36.6. The largest absolute Gasteiger partial charge is 0.327 e. The van der Waals surface area contributed by atoms with Crippen LogP contribution in [0.5, 0.6) is 0 Å². The second kappa shape index (κ2) is 13.0. The quantitative estimate of drug-likeness (QED) is 0.153. The summed E-state index contributed by atoms with van der Waals surface area (Å²) in [5, 5.41) is 0. The molecule has 0 saturated carbocycles. The number of rotatable bonds is 11. The molecule has 11 heteroatoms. The van der Waals surface area contributed by atoms with Gasteiger partial charge in [-0.3, -0.25) is 0 Å². The predicted molar refractivity (Wildman–Crippen MR) is 186 cm³/mol. The van der Waals surface area contributed by atoms with Crippen LogP contribution in [0.25, 0.3) is 0 Å².